The van der Waals surface area contributed by atoms with Crippen LogP contribution in [0.15, 0.2) is 0 Å². The standard InChI is InChI=1S/C13H16F2N4O3S/c1-7-9(8(2)19(17-7)12(14)15)5-10(20)16-3-4-18-11(21)6-23-13(18)22/h12H,3-6H2,1-2H3,(H,16,20). The van der Waals surface area contributed by atoms with Crippen LogP contribution in [-0.4, -0.2) is 50.6 Å². The smallest absolute Gasteiger partial charge is 0.333 e. The van der Waals surface area contributed by atoms with Crippen molar-refractivity contribution in [3.05, 3.63) is 17.0 Å². The van der Waals surface area contributed by atoms with Gasteiger partial charge in [-0.3, -0.25) is 19.3 Å². The number of aromatic nitrogens is 2. The Morgan fingerprint density at radius 1 is 1.39 bits per heavy atom. The molecule has 0 saturated carbocycles. The molecule has 0 radical (unpaired) electrons. The number of thioether (sulfide) groups is 1. The summed E-state index contributed by atoms with van der Waals surface area (Å²) < 4.78 is 26.1. The summed E-state index contributed by atoms with van der Waals surface area (Å²) in [7, 11) is 0. The van der Waals surface area contributed by atoms with Gasteiger partial charge in [0.15, 0.2) is 0 Å². The monoisotopic (exact) mass is 346 g/mol. The quantitative estimate of drug-likeness (QED) is 0.838. The molecular formula is C13H16F2N4O3S. The van der Waals surface area contributed by atoms with Crippen molar-refractivity contribution in [2.45, 2.75) is 26.8 Å². The predicted molar refractivity (Wildman–Crippen MR) is 79.2 cm³/mol. The first-order chi connectivity index (χ1) is 10.8. The molecule has 1 fully saturated rings. The van der Waals surface area contributed by atoms with E-state index in [2.05, 4.69) is 10.4 Å². The second kappa shape index (κ2) is 7.07. The Labute approximate surface area is 135 Å². The van der Waals surface area contributed by atoms with Gasteiger partial charge in [-0.2, -0.15) is 13.9 Å². The summed E-state index contributed by atoms with van der Waals surface area (Å²) in [6, 6.07) is 0. The summed E-state index contributed by atoms with van der Waals surface area (Å²) in [6.45, 7) is 0.513. The molecule has 0 unspecified atom stereocenters. The molecule has 3 amide bonds. The fourth-order valence-corrected chi connectivity index (χ4v) is 3.02. The van der Waals surface area contributed by atoms with Crippen molar-refractivity contribution >= 4 is 28.8 Å². The minimum absolute atomic E-state index is 0.0823. The van der Waals surface area contributed by atoms with E-state index in [0.717, 1.165) is 16.7 Å². The topological polar surface area (TPSA) is 84.3 Å². The average molecular weight is 346 g/mol. The van der Waals surface area contributed by atoms with E-state index in [-0.39, 0.29) is 48.0 Å². The molecule has 2 rings (SSSR count). The van der Waals surface area contributed by atoms with Crippen molar-refractivity contribution < 1.29 is 23.2 Å². The van der Waals surface area contributed by atoms with Crippen LogP contribution in [0.3, 0.4) is 0 Å². The first kappa shape index (κ1) is 17.4. The molecule has 0 aromatic carbocycles. The van der Waals surface area contributed by atoms with E-state index in [1.165, 1.54) is 6.92 Å². The lowest BCUT2D eigenvalue weighted by molar-refractivity contribution is -0.125. The van der Waals surface area contributed by atoms with Crippen LogP contribution in [0.1, 0.15) is 23.5 Å². The molecule has 10 heteroatoms. The third-order valence-corrected chi connectivity index (χ3v) is 4.35. The normalized spacial score (nSPS) is 14.9. The molecule has 1 N–H and O–H groups in total. The number of aryl methyl sites for hydroxylation is 1. The summed E-state index contributed by atoms with van der Waals surface area (Å²) in [4.78, 5) is 35.8. The summed E-state index contributed by atoms with van der Waals surface area (Å²) >= 11 is 0.927. The lowest BCUT2D eigenvalue weighted by atomic mass is 10.1. The van der Waals surface area contributed by atoms with E-state index in [9.17, 15) is 23.2 Å². The molecule has 2 heterocycles. The van der Waals surface area contributed by atoms with Crippen molar-refractivity contribution in [1.29, 1.82) is 0 Å². The molecule has 7 nitrogen and oxygen atoms in total. The second-order valence-corrected chi connectivity index (χ2v) is 5.92. The van der Waals surface area contributed by atoms with Gasteiger partial charge in [0.25, 0.3) is 5.24 Å². The summed E-state index contributed by atoms with van der Waals surface area (Å²) in [5, 5.41) is 5.96. The molecule has 0 aliphatic carbocycles. The Morgan fingerprint density at radius 2 is 2.09 bits per heavy atom. The molecule has 1 saturated heterocycles. The van der Waals surface area contributed by atoms with Crippen LogP contribution in [0.25, 0.3) is 0 Å². The van der Waals surface area contributed by atoms with Crippen molar-refractivity contribution in [2.24, 2.45) is 0 Å². The van der Waals surface area contributed by atoms with Gasteiger partial charge < -0.3 is 5.32 Å². The molecule has 0 spiro atoms. The first-order valence-electron chi connectivity index (χ1n) is 6.87. The summed E-state index contributed by atoms with van der Waals surface area (Å²) in [5.74, 6) is -0.534. The Kier molecular flexibility index (Phi) is 5.34. The predicted octanol–water partition coefficient (Wildman–Crippen LogP) is 1.25. The highest BCUT2D eigenvalue weighted by Crippen LogP contribution is 2.20. The first-order valence-corrected chi connectivity index (χ1v) is 7.86. The Hall–Kier alpha value is -1.97. The molecule has 0 atom stereocenters. The lowest BCUT2D eigenvalue weighted by Gasteiger charge is -2.13. The lowest BCUT2D eigenvalue weighted by Crippen LogP contribution is -2.38. The van der Waals surface area contributed by atoms with Gasteiger partial charge in [0.05, 0.1) is 17.9 Å². The van der Waals surface area contributed by atoms with E-state index in [0.29, 0.717) is 15.9 Å². The Balaban J connectivity index is 1.88. The van der Waals surface area contributed by atoms with Crippen molar-refractivity contribution in [3.63, 3.8) is 0 Å². The summed E-state index contributed by atoms with van der Waals surface area (Å²) in [5.41, 5.74) is 1.07. The second-order valence-electron chi connectivity index (χ2n) is 5.00. The highest BCUT2D eigenvalue weighted by atomic mass is 32.2. The van der Waals surface area contributed by atoms with Crippen LogP contribution in [0.4, 0.5) is 13.6 Å². The maximum atomic E-state index is 12.7. The molecule has 1 aromatic heterocycles. The van der Waals surface area contributed by atoms with Gasteiger partial charge in [0.1, 0.15) is 0 Å². The number of nitrogens with one attached hydrogen (secondary N) is 1. The number of nitrogens with zero attached hydrogens (tertiary/aromatic N) is 3. The number of amides is 3. The third-order valence-electron chi connectivity index (χ3n) is 3.50. The number of carbonyl (C=O) groups excluding carboxylic acids is 3. The van der Waals surface area contributed by atoms with E-state index in [4.69, 9.17) is 0 Å². The zero-order valence-corrected chi connectivity index (χ0v) is 13.5. The number of rotatable bonds is 6. The fraction of sp³-hybridized carbons (Fsp3) is 0.538. The van der Waals surface area contributed by atoms with E-state index in [1.807, 2.05) is 0 Å². The van der Waals surface area contributed by atoms with Crippen molar-refractivity contribution in [1.82, 2.24) is 20.0 Å². The molecule has 126 valence electrons. The average Bonchev–Trinajstić information content (AvgIpc) is 2.94. The van der Waals surface area contributed by atoms with Gasteiger partial charge in [-0.1, -0.05) is 11.8 Å². The number of hydrogen-bond donors (Lipinski definition) is 1. The van der Waals surface area contributed by atoms with Gasteiger partial charge in [-0.25, -0.2) is 4.68 Å². The highest BCUT2D eigenvalue weighted by molar-refractivity contribution is 8.14. The van der Waals surface area contributed by atoms with Crippen LogP contribution in [0.2, 0.25) is 0 Å². The van der Waals surface area contributed by atoms with E-state index < -0.39 is 6.55 Å². The number of carbonyl (C=O) groups is 3. The van der Waals surface area contributed by atoms with Crippen molar-refractivity contribution in [3.8, 4) is 0 Å². The van der Waals surface area contributed by atoms with Crippen LogP contribution < -0.4 is 5.32 Å². The van der Waals surface area contributed by atoms with Gasteiger partial charge in [0.2, 0.25) is 11.8 Å². The van der Waals surface area contributed by atoms with Gasteiger partial charge >= 0.3 is 6.55 Å². The van der Waals surface area contributed by atoms with Crippen LogP contribution in [-0.2, 0) is 16.0 Å². The molecule has 23 heavy (non-hydrogen) atoms. The molecule has 1 aromatic rings. The third kappa shape index (κ3) is 3.87. The van der Waals surface area contributed by atoms with Crippen LogP contribution in [0, 0.1) is 13.8 Å². The van der Waals surface area contributed by atoms with E-state index in [1.54, 1.807) is 6.92 Å². The highest BCUT2D eigenvalue weighted by Gasteiger charge is 2.29. The summed E-state index contributed by atoms with van der Waals surface area (Å²) in [6.07, 6.45) is -0.0823. The molecule has 0 bridgehead atoms. The Bertz CT molecular complexity index is 631. The van der Waals surface area contributed by atoms with Gasteiger partial charge in [-0.15, -0.1) is 0 Å². The minimum Gasteiger partial charge on any atom is -0.354 e. The number of imide groups is 1. The zero-order chi connectivity index (χ0) is 17.1. The minimum atomic E-state index is -2.75. The van der Waals surface area contributed by atoms with Crippen molar-refractivity contribution in [2.75, 3.05) is 18.8 Å². The van der Waals surface area contributed by atoms with E-state index >= 15 is 0 Å². The maximum Gasteiger partial charge on any atom is 0.333 e. The largest absolute Gasteiger partial charge is 0.354 e. The molecular weight excluding hydrogens is 330 g/mol. The fourth-order valence-electron chi connectivity index (χ4n) is 2.27. The maximum absolute atomic E-state index is 12.7. The number of hydrogen-bond acceptors (Lipinski definition) is 5. The number of alkyl halides is 2. The number of halogens is 2. The van der Waals surface area contributed by atoms with Crippen LogP contribution >= 0.6 is 11.8 Å². The van der Waals surface area contributed by atoms with Gasteiger partial charge in [-0.05, 0) is 13.8 Å². The molecule has 1 aliphatic rings. The zero-order valence-electron chi connectivity index (χ0n) is 12.6. The van der Waals surface area contributed by atoms with Crippen LogP contribution in [0.5, 0.6) is 0 Å². The Morgan fingerprint density at radius 3 is 2.61 bits per heavy atom. The SMILES string of the molecule is Cc1nn(C(F)F)c(C)c1CC(=O)NCCN1C(=O)CSC1=O. The van der Waals surface area contributed by atoms with Gasteiger partial charge in [0, 0.05) is 24.3 Å². The molecule has 1 aliphatic heterocycles.